The molecule has 9 heteroatoms. The van der Waals surface area contributed by atoms with Gasteiger partial charge in [0.25, 0.3) is 0 Å². The average molecular weight is 515 g/mol. The number of carboxylic acid groups (broad SMARTS) is 2. The predicted octanol–water partition coefficient (Wildman–Crippen LogP) is 3.80. The molecule has 1 aliphatic rings. The first-order valence-corrected chi connectivity index (χ1v) is 12.5. The fourth-order valence-corrected chi connectivity index (χ4v) is 3.90. The summed E-state index contributed by atoms with van der Waals surface area (Å²) in [7, 11) is 1.68. The highest BCUT2D eigenvalue weighted by Gasteiger charge is 2.25. The summed E-state index contributed by atoms with van der Waals surface area (Å²) in [4.78, 5) is 33.0. The van der Waals surface area contributed by atoms with Crippen LogP contribution in [0.1, 0.15) is 44.2 Å². The molecule has 0 spiro atoms. The van der Waals surface area contributed by atoms with Gasteiger partial charge in [0.05, 0.1) is 7.11 Å². The zero-order chi connectivity index (χ0) is 27.2. The van der Waals surface area contributed by atoms with E-state index in [0.29, 0.717) is 12.5 Å². The molecule has 1 saturated heterocycles. The molecule has 1 heterocycles. The van der Waals surface area contributed by atoms with Crippen molar-refractivity contribution in [1.82, 2.24) is 10.2 Å². The van der Waals surface area contributed by atoms with E-state index in [1.54, 1.807) is 7.11 Å². The summed E-state index contributed by atoms with van der Waals surface area (Å²) in [5.41, 5.74) is 2.33. The number of nitrogens with zero attached hydrogens (tertiary/aromatic N) is 1. The van der Waals surface area contributed by atoms with Crippen molar-refractivity contribution in [3.63, 3.8) is 0 Å². The third-order valence-corrected chi connectivity index (χ3v) is 6.03. The highest BCUT2D eigenvalue weighted by molar-refractivity contribution is 6.27. The molecule has 0 bridgehead atoms. The molecule has 1 amide bonds. The van der Waals surface area contributed by atoms with Crippen LogP contribution in [0.4, 0.5) is 0 Å². The SMILES string of the molecule is COc1cc(CN2CCC(C(=O)NCCC(C)C)CC2)ccc1OCc1ccccc1.O=C(O)C(=O)O. The topological polar surface area (TPSA) is 125 Å². The van der Waals surface area contributed by atoms with Gasteiger partial charge in [0.2, 0.25) is 5.91 Å². The van der Waals surface area contributed by atoms with Gasteiger partial charge in [0, 0.05) is 19.0 Å². The maximum atomic E-state index is 12.4. The Morgan fingerprint density at radius 2 is 1.62 bits per heavy atom. The standard InChI is InChI=1S/C26H36N2O3.C2H2O4/c1-20(2)11-14-27-26(29)23-12-15-28(16-13-23)18-22-9-10-24(25(17-22)30-3)31-19-21-7-5-4-6-8-21;3-1(4)2(5)6/h4-10,17,20,23H,11-16,18-19H2,1-3H3,(H,27,29);(H,3,4)(H,5,6). The number of hydrogen-bond acceptors (Lipinski definition) is 6. The minimum Gasteiger partial charge on any atom is -0.493 e. The Balaban J connectivity index is 0.000000717. The molecule has 0 radical (unpaired) electrons. The summed E-state index contributed by atoms with van der Waals surface area (Å²) in [5, 5.41) is 17.9. The highest BCUT2D eigenvalue weighted by Crippen LogP contribution is 2.30. The van der Waals surface area contributed by atoms with Crippen LogP contribution in [0.25, 0.3) is 0 Å². The van der Waals surface area contributed by atoms with Crippen LogP contribution in [0.3, 0.4) is 0 Å². The zero-order valence-electron chi connectivity index (χ0n) is 21.8. The Labute approximate surface area is 218 Å². The Morgan fingerprint density at radius 1 is 0.973 bits per heavy atom. The minimum atomic E-state index is -1.82. The molecule has 0 atom stereocenters. The number of benzene rings is 2. The molecular formula is C28H38N2O7. The van der Waals surface area contributed by atoms with E-state index in [9.17, 15) is 4.79 Å². The Kier molecular flexibility index (Phi) is 12.4. The van der Waals surface area contributed by atoms with E-state index in [2.05, 4.69) is 48.3 Å². The first-order valence-electron chi connectivity index (χ1n) is 12.5. The molecule has 0 unspecified atom stereocenters. The predicted molar refractivity (Wildman–Crippen MR) is 140 cm³/mol. The normalized spacial score (nSPS) is 13.8. The molecule has 37 heavy (non-hydrogen) atoms. The molecule has 3 N–H and O–H groups in total. The number of amides is 1. The first-order chi connectivity index (χ1) is 17.7. The number of methoxy groups -OCH3 is 1. The Bertz CT molecular complexity index is 991. The molecule has 1 aliphatic heterocycles. The summed E-state index contributed by atoms with van der Waals surface area (Å²) in [5.74, 6) is -1.15. The van der Waals surface area contributed by atoms with E-state index in [1.807, 2.05) is 24.3 Å². The van der Waals surface area contributed by atoms with Crippen molar-refractivity contribution < 1.29 is 34.1 Å². The van der Waals surface area contributed by atoms with Crippen LogP contribution in [-0.2, 0) is 27.5 Å². The van der Waals surface area contributed by atoms with Gasteiger partial charge >= 0.3 is 11.9 Å². The average Bonchev–Trinajstić information content (AvgIpc) is 2.89. The lowest BCUT2D eigenvalue weighted by Crippen LogP contribution is -2.40. The van der Waals surface area contributed by atoms with Gasteiger partial charge in [-0.2, -0.15) is 0 Å². The van der Waals surface area contributed by atoms with Gasteiger partial charge in [-0.1, -0.05) is 50.2 Å². The van der Waals surface area contributed by atoms with Gasteiger partial charge in [0.1, 0.15) is 6.61 Å². The summed E-state index contributed by atoms with van der Waals surface area (Å²) in [6, 6.07) is 16.3. The summed E-state index contributed by atoms with van der Waals surface area (Å²) < 4.78 is 11.5. The number of likely N-dealkylation sites (tertiary alicyclic amines) is 1. The number of ether oxygens (including phenoxy) is 2. The van der Waals surface area contributed by atoms with Crippen LogP contribution in [0, 0.1) is 11.8 Å². The lowest BCUT2D eigenvalue weighted by atomic mass is 9.95. The van der Waals surface area contributed by atoms with Gasteiger partial charge < -0.3 is 25.0 Å². The number of carbonyl (C=O) groups is 3. The van der Waals surface area contributed by atoms with Crippen molar-refractivity contribution in [2.45, 2.75) is 46.3 Å². The van der Waals surface area contributed by atoms with Crippen LogP contribution < -0.4 is 14.8 Å². The van der Waals surface area contributed by atoms with E-state index in [0.717, 1.165) is 62.5 Å². The van der Waals surface area contributed by atoms with Gasteiger partial charge in [-0.05, 0) is 61.5 Å². The molecule has 9 nitrogen and oxygen atoms in total. The number of nitrogens with one attached hydrogen (secondary N) is 1. The molecule has 0 aliphatic carbocycles. The van der Waals surface area contributed by atoms with E-state index in [1.165, 1.54) is 5.56 Å². The van der Waals surface area contributed by atoms with E-state index in [-0.39, 0.29) is 11.8 Å². The number of aliphatic carboxylic acids is 2. The minimum absolute atomic E-state index is 0.145. The molecule has 2 aromatic carbocycles. The van der Waals surface area contributed by atoms with Gasteiger partial charge in [-0.3, -0.25) is 9.69 Å². The second-order valence-electron chi connectivity index (χ2n) is 9.39. The van der Waals surface area contributed by atoms with Crippen molar-refractivity contribution in [3.05, 3.63) is 59.7 Å². The summed E-state index contributed by atoms with van der Waals surface area (Å²) >= 11 is 0. The summed E-state index contributed by atoms with van der Waals surface area (Å²) in [6.07, 6.45) is 2.88. The van der Waals surface area contributed by atoms with Crippen LogP contribution in [0.2, 0.25) is 0 Å². The van der Waals surface area contributed by atoms with Gasteiger partial charge in [-0.15, -0.1) is 0 Å². The molecular weight excluding hydrogens is 476 g/mol. The number of piperidine rings is 1. The molecule has 1 fully saturated rings. The van der Waals surface area contributed by atoms with Crippen molar-refractivity contribution in [2.75, 3.05) is 26.7 Å². The zero-order valence-corrected chi connectivity index (χ0v) is 21.8. The first kappa shape index (κ1) is 29.6. The number of hydrogen-bond donors (Lipinski definition) is 3. The fourth-order valence-electron chi connectivity index (χ4n) is 3.90. The Hall–Kier alpha value is -3.59. The third-order valence-electron chi connectivity index (χ3n) is 6.03. The van der Waals surface area contributed by atoms with Crippen molar-refractivity contribution in [2.24, 2.45) is 11.8 Å². The van der Waals surface area contributed by atoms with Gasteiger partial charge in [0.15, 0.2) is 11.5 Å². The maximum absolute atomic E-state index is 12.4. The largest absolute Gasteiger partial charge is 0.493 e. The molecule has 0 saturated carbocycles. The van der Waals surface area contributed by atoms with E-state index >= 15 is 0 Å². The Morgan fingerprint density at radius 3 is 2.19 bits per heavy atom. The third kappa shape index (κ3) is 10.9. The smallest absolute Gasteiger partial charge is 0.414 e. The van der Waals surface area contributed by atoms with Crippen molar-refractivity contribution in [1.29, 1.82) is 0 Å². The van der Waals surface area contributed by atoms with Gasteiger partial charge in [-0.25, -0.2) is 9.59 Å². The molecule has 202 valence electrons. The highest BCUT2D eigenvalue weighted by atomic mass is 16.5. The summed E-state index contributed by atoms with van der Waals surface area (Å²) in [6.45, 7) is 8.41. The molecule has 0 aromatic heterocycles. The van der Waals surface area contributed by atoms with Crippen LogP contribution in [0.5, 0.6) is 11.5 Å². The van der Waals surface area contributed by atoms with Crippen molar-refractivity contribution in [3.8, 4) is 11.5 Å². The second-order valence-corrected chi connectivity index (χ2v) is 9.39. The van der Waals surface area contributed by atoms with Crippen LogP contribution in [0.15, 0.2) is 48.5 Å². The molecule has 2 aromatic rings. The van der Waals surface area contributed by atoms with Crippen molar-refractivity contribution >= 4 is 17.8 Å². The maximum Gasteiger partial charge on any atom is 0.414 e. The lowest BCUT2D eigenvalue weighted by molar-refractivity contribution is -0.159. The van der Waals surface area contributed by atoms with E-state index in [4.69, 9.17) is 29.3 Å². The lowest BCUT2D eigenvalue weighted by Gasteiger charge is -2.31. The molecule has 3 rings (SSSR count). The number of carbonyl (C=O) groups excluding carboxylic acids is 1. The number of carboxylic acids is 2. The fraction of sp³-hybridized carbons (Fsp3) is 0.464. The number of rotatable bonds is 10. The second kappa shape index (κ2) is 15.5. The van der Waals surface area contributed by atoms with E-state index < -0.39 is 11.9 Å². The monoisotopic (exact) mass is 514 g/mol. The quantitative estimate of drug-likeness (QED) is 0.409. The van der Waals surface area contributed by atoms with Crippen LogP contribution >= 0.6 is 0 Å². The van der Waals surface area contributed by atoms with Crippen LogP contribution in [-0.4, -0.2) is 59.7 Å².